The van der Waals surface area contributed by atoms with Crippen molar-refractivity contribution < 1.29 is 22.8 Å². The van der Waals surface area contributed by atoms with Crippen molar-refractivity contribution in [1.82, 2.24) is 5.06 Å². The van der Waals surface area contributed by atoms with Crippen LogP contribution < -0.4 is 0 Å². The number of hydrogen-bond acceptors (Lipinski definition) is 2. The average molecular weight is 223 g/mol. The quantitative estimate of drug-likeness (QED) is 0.615. The van der Waals surface area contributed by atoms with E-state index in [0.29, 0.717) is 6.07 Å². The number of nitrogens with zero attached hydrogens (tertiary/aromatic N) is 1. The van der Waals surface area contributed by atoms with Gasteiger partial charge in [0.2, 0.25) is 0 Å². The maximum atomic E-state index is 13.0. The predicted octanol–water partition coefficient (Wildman–Crippen LogP) is 2.67. The summed E-state index contributed by atoms with van der Waals surface area (Å²) < 4.78 is 49.4. The fourth-order valence-corrected chi connectivity index (χ4v) is 1.15. The Bertz CT molecular complexity index is 348. The topological polar surface area (TPSA) is 23.5 Å². The Morgan fingerprint density at radius 2 is 1.93 bits per heavy atom. The maximum absolute atomic E-state index is 13.0. The molecule has 0 aliphatic rings. The number of halogens is 4. The van der Waals surface area contributed by atoms with Crippen molar-refractivity contribution in [2.75, 3.05) is 7.05 Å². The molecular formula is C9H9F4NO. The zero-order valence-electron chi connectivity index (χ0n) is 7.85. The van der Waals surface area contributed by atoms with Gasteiger partial charge >= 0.3 is 6.18 Å². The number of hydroxylamine groups is 2. The zero-order valence-corrected chi connectivity index (χ0v) is 7.85. The van der Waals surface area contributed by atoms with Gasteiger partial charge in [-0.3, -0.25) is 0 Å². The second-order valence-corrected chi connectivity index (χ2v) is 3.13. The molecule has 1 aromatic carbocycles. The van der Waals surface area contributed by atoms with Crippen molar-refractivity contribution in [1.29, 1.82) is 0 Å². The van der Waals surface area contributed by atoms with Crippen LogP contribution in [0.5, 0.6) is 0 Å². The van der Waals surface area contributed by atoms with Gasteiger partial charge in [-0.05, 0) is 17.7 Å². The van der Waals surface area contributed by atoms with Crippen LogP contribution in [0.3, 0.4) is 0 Å². The molecule has 0 radical (unpaired) electrons. The second kappa shape index (κ2) is 4.16. The summed E-state index contributed by atoms with van der Waals surface area (Å²) in [4.78, 5) is 0. The van der Waals surface area contributed by atoms with Gasteiger partial charge in [0.05, 0.1) is 5.56 Å². The van der Waals surface area contributed by atoms with E-state index in [0.717, 1.165) is 17.2 Å². The first-order valence-corrected chi connectivity index (χ1v) is 4.06. The summed E-state index contributed by atoms with van der Waals surface area (Å²) in [5, 5.41) is 9.57. The van der Waals surface area contributed by atoms with Crippen molar-refractivity contribution in [3.8, 4) is 0 Å². The first-order chi connectivity index (χ1) is 6.80. The Balaban J connectivity index is 2.99. The molecule has 2 nitrogen and oxygen atoms in total. The van der Waals surface area contributed by atoms with E-state index in [1.165, 1.54) is 7.05 Å². The minimum absolute atomic E-state index is 0.0327. The number of hydrogen-bond donors (Lipinski definition) is 1. The van der Waals surface area contributed by atoms with E-state index in [-0.39, 0.29) is 12.1 Å². The molecule has 84 valence electrons. The van der Waals surface area contributed by atoms with E-state index in [9.17, 15) is 17.6 Å². The van der Waals surface area contributed by atoms with Crippen LogP contribution in [0.15, 0.2) is 18.2 Å². The molecule has 0 atom stereocenters. The van der Waals surface area contributed by atoms with Gasteiger partial charge in [-0.15, -0.1) is 0 Å². The molecule has 1 aromatic rings. The Labute approximate surface area is 83.7 Å². The van der Waals surface area contributed by atoms with Gasteiger partial charge in [-0.2, -0.15) is 18.2 Å². The van der Waals surface area contributed by atoms with Crippen LogP contribution in [0, 0.1) is 5.82 Å². The number of rotatable bonds is 2. The maximum Gasteiger partial charge on any atom is 0.419 e. The minimum atomic E-state index is -4.69. The van der Waals surface area contributed by atoms with E-state index in [4.69, 9.17) is 5.21 Å². The number of alkyl halides is 3. The van der Waals surface area contributed by atoms with Crippen LogP contribution >= 0.6 is 0 Å². The minimum Gasteiger partial charge on any atom is -0.314 e. The Kier molecular flexibility index (Phi) is 3.31. The molecule has 0 amide bonds. The van der Waals surface area contributed by atoms with Crippen molar-refractivity contribution in [3.05, 3.63) is 35.1 Å². The van der Waals surface area contributed by atoms with Crippen LogP contribution in [-0.2, 0) is 12.7 Å². The molecule has 0 saturated carbocycles. The molecule has 0 bridgehead atoms. The van der Waals surface area contributed by atoms with Gasteiger partial charge in [0.15, 0.2) is 0 Å². The molecule has 15 heavy (non-hydrogen) atoms. The zero-order chi connectivity index (χ0) is 11.6. The molecule has 0 aliphatic heterocycles. The molecular weight excluding hydrogens is 214 g/mol. The van der Waals surface area contributed by atoms with Crippen molar-refractivity contribution >= 4 is 0 Å². The standard InChI is InChI=1S/C9H9F4NO/c1-14(15)5-6-2-3-7(8(10)4-6)9(11,12)13/h2-4,15H,5H2,1H3. The molecule has 0 fully saturated rings. The molecule has 1 N–H and O–H groups in total. The van der Waals surface area contributed by atoms with E-state index in [1.54, 1.807) is 0 Å². The highest BCUT2D eigenvalue weighted by atomic mass is 19.4. The van der Waals surface area contributed by atoms with Crippen LogP contribution in [0.1, 0.15) is 11.1 Å². The highest BCUT2D eigenvalue weighted by molar-refractivity contribution is 5.26. The third-order valence-electron chi connectivity index (χ3n) is 1.75. The third-order valence-corrected chi connectivity index (χ3v) is 1.75. The van der Waals surface area contributed by atoms with Gasteiger partial charge in [0, 0.05) is 13.6 Å². The molecule has 0 aromatic heterocycles. The second-order valence-electron chi connectivity index (χ2n) is 3.13. The Hall–Kier alpha value is -1.14. The van der Waals surface area contributed by atoms with Crippen molar-refractivity contribution in [2.24, 2.45) is 0 Å². The third kappa shape index (κ3) is 3.17. The first-order valence-electron chi connectivity index (χ1n) is 4.06. The summed E-state index contributed by atoms with van der Waals surface area (Å²) in [5.74, 6) is -1.33. The fourth-order valence-electron chi connectivity index (χ4n) is 1.15. The number of benzene rings is 1. The molecule has 0 heterocycles. The van der Waals surface area contributed by atoms with E-state index in [1.807, 2.05) is 0 Å². The lowest BCUT2D eigenvalue weighted by molar-refractivity contribution is -0.140. The normalized spacial score (nSPS) is 12.2. The van der Waals surface area contributed by atoms with Gasteiger partial charge in [-0.25, -0.2) is 4.39 Å². The predicted molar refractivity (Wildman–Crippen MR) is 44.7 cm³/mol. The fraction of sp³-hybridized carbons (Fsp3) is 0.333. The monoisotopic (exact) mass is 223 g/mol. The van der Waals surface area contributed by atoms with Gasteiger partial charge in [0.25, 0.3) is 0 Å². The average Bonchev–Trinajstić information content (AvgIpc) is 1.99. The summed E-state index contributed by atoms with van der Waals surface area (Å²) >= 11 is 0. The van der Waals surface area contributed by atoms with Crippen molar-refractivity contribution in [2.45, 2.75) is 12.7 Å². The van der Waals surface area contributed by atoms with Crippen LogP contribution in [0.2, 0.25) is 0 Å². The Morgan fingerprint density at radius 3 is 2.33 bits per heavy atom. The van der Waals surface area contributed by atoms with E-state index >= 15 is 0 Å². The highest BCUT2D eigenvalue weighted by Gasteiger charge is 2.33. The lowest BCUT2D eigenvalue weighted by Crippen LogP contribution is -2.13. The first kappa shape index (κ1) is 11.9. The lowest BCUT2D eigenvalue weighted by Gasteiger charge is -2.11. The molecule has 0 unspecified atom stereocenters. The van der Waals surface area contributed by atoms with Crippen LogP contribution in [0.4, 0.5) is 17.6 Å². The molecule has 6 heteroatoms. The van der Waals surface area contributed by atoms with Gasteiger partial charge < -0.3 is 5.21 Å². The smallest absolute Gasteiger partial charge is 0.314 e. The van der Waals surface area contributed by atoms with Crippen LogP contribution in [0.25, 0.3) is 0 Å². The summed E-state index contributed by atoms with van der Waals surface area (Å²) in [7, 11) is 1.32. The van der Waals surface area contributed by atoms with E-state index < -0.39 is 17.6 Å². The molecule has 0 spiro atoms. The molecule has 0 saturated heterocycles. The molecule has 1 rings (SSSR count). The lowest BCUT2D eigenvalue weighted by atomic mass is 10.1. The highest BCUT2D eigenvalue weighted by Crippen LogP contribution is 2.31. The largest absolute Gasteiger partial charge is 0.419 e. The summed E-state index contributed by atoms with van der Waals surface area (Å²) in [6.45, 7) is -0.0327. The molecule has 0 aliphatic carbocycles. The Morgan fingerprint density at radius 1 is 1.33 bits per heavy atom. The SMILES string of the molecule is CN(O)Cc1ccc(C(F)(F)F)c(F)c1. The van der Waals surface area contributed by atoms with Crippen molar-refractivity contribution in [3.63, 3.8) is 0 Å². The summed E-state index contributed by atoms with van der Waals surface area (Å²) in [5.41, 5.74) is -1.03. The van der Waals surface area contributed by atoms with Crippen LogP contribution in [-0.4, -0.2) is 17.3 Å². The summed E-state index contributed by atoms with van der Waals surface area (Å²) in [6, 6.07) is 2.54. The van der Waals surface area contributed by atoms with E-state index in [2.05, 4.69) is 0 Å². The van der Waals surface area contributed by atoms with Gasteiger partial charge in [-0.1, -0.05) is 6.07 Å². The van der Waals surface area contributed by atoms with Gasteiger partial charge in [0.1, 0.15) is 5.82 Å². The summed E-state index contributed by atoms with van der Waals surface area (Å²) in [6.07, 6.45) is -4.69.